The predicted octanol–water partition coefficient (Wildman–Crippen LogP) is 4.82. The second-order valence-corrected chi connectivity index (χ2v) is 9.65. The summed E-state index contributed by atoms with van der Waals surface area (Å²) in [5, 5.41) is 14.4. The molecule has 2 aromatic heterocycles. The zero-order valence-corrected chi connectivity index (χ0v) is 20.4. The van der Waals surface area contributed by atoms with E-state index in [0.29, 0.717) is 17.0 Å². The normalized spacial score (nSPS) is 13.1. The number of hydrogen-bond donors (Lipinski definition) is 2. The third kappa shape index (κ3) is 5.39. The summed E-state index contributed by atoms with van der Waals surface area (Å²) in [5.74, 6) is -0.430. The number of carbonyl (C=O) groups excluding carboxylic acids is 1. The molecule has 6 nitrogen and oxygen atoms in total. The number of thiophene rings is 1. The van der Waals surface area contributed by atoms with Gasteiger partial charge in [0.2, 0.25) is 5.43 Å². The molecule has 2 aromatic carbocycles. The lowest BCUT2D eigenvalue weighted by molar-refractivity contribution is -0.0355. The van der Waals surface area contributed by atoms with Crippen LogP contribution < -0.4 is 10.7 Å². The summed E-state index contributed by atoms with van der Waals surface area (Å²) < 4.78 is 7.67. The fraction of sp³-hybridized carbons (Fsp3) is 0.231. The van der Waals surface area contributed by atoms with Crippen molar-refractivity contribution >= 4 is 39.1 Å². The van der Waals surface area contributed by atoms with Gasteiger partial charge in [-0.3, -0.25) is 9.59 Å². The van der Waals surface area contributed by atoms with Crippen molar-refractivity contribution in [1.82, 2.24) is 9.88 Å². The third-order valence-electron chi connectivity index (χ3n) is 5.58. The number of hydrogen-bond acceptors (Lipinski definition) is 5. The molecule has 2 heterocycles. The van der Waals surface area contributed by atoms with Crippen LogP contribution in [0, 0.1) is 0 Å². The fourth-order valence-corrected chi connectivity index (χ4v) is 4.79. The second-order valence-electron chi connectivity index (χ2n) is 8.10. The van der Waals surface area contributed by atoms with E-state index in [4.69, 9.17) is 16.3 Å². The summed E-state index contributed by atoms with van der Waals surface area (Å²) >= 11 is 7.33. The Labute approximate surface area is 206 Å². The first kappa shape index (κ1) is 24.2. The maximum absolute atomic E-state index is 13.1. The number of ether oxygens (including phenoxy) is 1. The molecule has 0 aliphatic carbocycles. The molecule has 0 saturated carbocycles. The summed E-state index contributed by atoms with van der Waals surface area (Å²) in [4.78, 5) is 27.4. The number of rotatable bonds is 8. The van der Waals surface area contributed by atoms with Crippen molar-refractivity contribution in [2.45, 2.75) is 32.3 Å². The molecule has 0 spiro atoms. The number of nitrogens with one attached hydrogen (secondary N) is 1. The number of aliphatic hydroxyl groups is 1. The lowest BCUT2D eigenvalue weighted by Crippen LogP contribution is -2.29. The van der Waals surface area contributed by atoms with E-state index in [9.17, 15) is 14.7 Å². The van der Waals surface area contributed by atoms with Crippen LogP contribution in [-0.2, 0) is 24.9 Å². The molecule has 4 rings (SSSR count). The third-order valence-corrected chi connectivity index (χ3v) is 7.03. The van der Waals surface area contributed by atoms with Gasteiger partial charge >= 0.3 is 0 Å². The first-order valence-corrected chi connectivity index (χ1v) is 12.0. The molecule has 0 fully saturated rings. The van der Waals surface area contributed by atoms with E-state index in [1.165, 1.54) is 11.3 Å². The Morgan fingerprint density at radius 1 is 1.18 bits per heavy atom. The van der Waals surface area contributed by atoms with Crippen LogP contribution in [0.25, 0.3) is 10.2 Å². The lowest BCUT2D eigenvalue weighted by Gasteiger charge is -2.19. The Morgan fingerprint density at radius 3 is 2.59 bits per heavy atom. The van der Waals surface area contributed by atoms with Gasteiger partial charge in [-0.05, 0) is 36.2 Å². The van der Waals surface area contributed by atoms with E-state index < -0.39 is 18.1 Å². The zero-order chi connectivity index (χ0) is 24.2. The van der Waals surface area contributed by atoms with Gasteiger partial charge in [0, 0.05) is 29.7 Å². The van der Waals surface area contributed by atoms with Crippen molar-refractivity contribution in [2.24, 2.45) is 7.05 Å². The van der Waals surface area contributed by atoms with E-state index in [1.807, 2.05) is 49.4 Å². The van der Waals surface area contributed by atoms with Gasteiger partial charge in [-0.2, -0.15) is 0 Å². The molecule has 4 aromatic rings. The molecule has 176 valence electrons. The molecule has 34 heavy (non-hydrogen) atoms. The van der Waals surface area contributed by atoms with Crippen molar-refractivity contribution in [3.63, 3.8) is 0 Å². The van der Waals surface area contributed by atoms with Crippen molar-refractivity contribution in [3.05, 3.63) is 104 Å². The number of aryl methyl sites for hydroxylation is 1. The smallest absolute Gasteiger partial charge is 0.257 e. The summed E-state index contributed by atoms with van der Waals surface area (Å²) in [7, 11) is 1.81. The average Bonchev–Trinajstić information content (AvgIpc) is 3.29. The molecule has 0 radical (unpaired) electrons. The highest BCUT2D eigenvalue weighted by atomic mass is 35.5. The molecule has 0 bridgehead atoms. The Hall–Kier alpha value is -2.97. The molecular weight excluding hydrogens is 472 g/mol. The minimum Gasteiger partial charge on any atom is -0.386 e. The summed E-state index contributed by atoms with van der Waals surface area (Å²) in [6.07, 6.45) is 0.380. The minimum atomic E-state index is -0.752. The van der Waals surface area contributed by atoms with Crippen LogP contribution in [0.15, 0.2) is 71.7 Å². The Morgan fingerprint density at radius 2 is 1.88 bits per heavy atom. The van der Waals surface area contributed by atoms with Gasteiger partial charge in [0.25, 0.3) is 5.91 Å². The van der Waals surface area contributed by atoms with Gasteiger partial charge in [0.05, 0.1) is 18.1 Å². The van der Waals surface area contributed by atoms with Crippen molar-refractivity contribution in [1.29, 1.82) is 0 Å². The standard InChI is InChI=1S/C26H25ClN2O4S/c1-16(23(30)18-6-4-3-5-7-18)33-15-20-12-21-24(31)22(14-29(2)26(21)34-20)25(32)28-13-17-8-10-19(27)11-9-17/h3-12,14,16,23,30H,13,15H2,1-2H3,(H,28,32)/t16-,23-/m1/s1. The van der Waals surface area contributed by atoms with Crippen molar-refractivity contribution in [2.75, 3.05) is 0 Å². The topological polar surface area (TPSA) is 80.6 Å². The quantitative estimate of drug-likeness (QED) is 0.366. The monoisotopic (exact) mass is 496 g/mol. The highest BCUT2D eigenvalue weighted by molar-refractivity contribution is 7.18. The summed E-state index contributed by atoms with van der Waals surface area (Å²) in [5.41, 5.74) is 1.44. The largest absolute Gasteiger partial charge is 0.386 e. The number of aliphatic hydroxyl groups excluding tert-OH is 1. The number of halogens is 1. The fourth-order valence-electron chi connectivity index (χ4n) is 3.65. The predicted molar refractivity (Wildman–Crippen MR) is 135 cm³/mol. The highest BCUT2D eigenvalue weighted by Gasteiger charge is 2.19. The number of nitrogens with zero attached hydrogens (tertiary/aromatic N) is 1. The van der Waals surface area contributed by atoms with E-state index in [2.05, 4.69) is 5.32 Å². The number of benzene rings is 2. The Balaban J connectivity index is 1.47. The zero-order valence-electron chi connectivity index (χ0n) is 18.8. The number of pyridine rings is 1. The van der Waals surface area contributed by atoms with Gasteiger partial charge < -0.3 is 19.7 Å². The van der Waals surface area contributed by atoms with Crippen molar-refractivity contribution < 1.29 is 14.6 Å². The number of fused-ring (bicyclic) bond motifs is 1. The van der Waals surface area contributed by atoms with Crippen LogP contribution in [0.3, 0.4) is 0 Å². The number of aromatic nitrogens is 1. The van der Waals surface area contributed by atoms with Gasteiger partial charge in [-0.1, -0.05) is 54.1 Å². The van der Waals surface area contributed by atoms with Gasteiger partial charge in [0.1, 0.15) is 16.5 Å². The van der Waals surface area contributed by atoms with Crippen molar-refractivity contribution in [3.8, 4) is 0 Å². The average molecular weight is 497 g/mol. The molecule has 2 N–H and O–H groups in total. The molecule has 2 atom stereocenters. The SMILES string of the molecule is C[C@@H](OCc1cc2c(=O)c(C(=O)NCc3ccc(Cl)cc3)cn(C)c2s1)[C@@H](O)c1ccccc1. The van der Waals surface area contributed by atoms with E-state index in [-0.39, 0.29) is 17.6 Å². The van der Waals surface area contributed by atoms with Crippen LogP contribution in [0.4, 0.5) is 0 Å². The highest BCUT2D eigenvalue weighted by Crippen LogP contribution is 2.26. The van der Waals surface area contributed by atoms with Gasteiger partial charge in [0.15, 0.2) is 0 Å². The Bertz CT molecular complexity index is 1350. The van der Waals surface area contributed by atoms with Crippen LogP contribution in [0.1, 0.15) is 39.4 Å². The molecule has 1 amide bonds. The summed E-state index contributed by atoms with van der Waals surface area (Å²) in [6, 6.07) is 18.3. The molecule has 8 heteroatoms. The molecule has 0 aliphatic heterocycles. The van der Waals surface area contributed by atoms with E-state index >= 15 is 0 Å². The van der Waals surface area contributed by atoms with Crippen LogP contribution in [-0.4, -0.2) is 21.7 Å². The first-order valence-electron chi connectivity index (χ1n) is 10.8. The van der Waals surface area contributed by atoms with Gasteiger partial charge in [-0.15, -0.1) is 11.3 Å². The van der Waals surface area contributed by atoms with Crippen LogP contribution in [0.2, 0.25) is 5.02 Å². The first-order chi connectivity index (χ1) is 16.3. The maximum atomic E-state index is 13.1. The van der Waals surface area contributed by atoms with E-state index in [1.54, 1.807) is 36.0 Å². The minimum absolute atomic E-state index is 0.0853. The molecule has 0 aliphatic rings. The Kier molecular flexibility index (Phi) is 7.48. The molecule has 0 unspecified atom stereocenters. The lowest BCUT2D eigenvalue weighted by atomic mass is 10.1. The van der Waals surface area contributed by atoms with E-state index in [0.717, 1.165) is 20.8 Å². The van der Waals surface area contributed by atoms with Crippen LogP contribution in [0.5, 0.6) is 0 Å². The van der Waals surface area contributed by atoms with Gasteiger partial charge in [-0.25, -0.2) is 0 Å². The molecule has 0 saturated heterocycles. The number of carbonyl (C=O) groups is 1. The second kappa shape index (κ2) is 10.5. The van der Waals surface area contributed by atoms with Crippen LogP contribution >= 0.6 is 22.9 Å². The summed E-state index contributed by atoms with van der Waals surface area (Å²) in [6.45, 7) is 2.36. The molecular formula is C26H25ClN2O4S. The number of amides is 1. The maximum Gasteiger partial charge on any atom is 0.257 e.